The van der Waals surface area contributed by atoms with Gasteiger partial charge in [-0.3, -0.25) is 20.2 Å². The molecule has 0 fully saturated rings. The Morgan fingerprint density at radius 3 is 2.45 bits per heavy atom. The lowest BCUT2D eigenvalue weighted by molar-refractivity contribution is -0.385. The van der Waals surface area contributed by atoms with Gasteiger partial charge in [-0.25, -0.2) is 0 Å². The molecular formula is C14H17N3O3. The summed E-state index contributed by atoms with van der Waals surface area (Å²) in [5.74, 6) is 0.268. The maximum absolute atomic E-state index is 10.9. The highest BCUT2D eigenvalue weighted by Crippen LogP contribution is 2.30. The highest BCUT2D eigenvalue weighted by Gasteiger charge is 2.15. The standard InChI is InChI=1S/C14H17N3O3/c1-4-20-14-9-12(7-8-13(14)17(18)19)15-16-10(2)5-6-11(16)3/h5-9,15H,4H2,1-3H3. The fourth-order valence-corrected chi connectivity index (χ4v) is 1.98. The molecule has 1 heterocycles. The molecule has 0 aliphatic rings. The minimum absolute atomic E-state index is 0.0293. The van der Waals surface area contributed by atoms with Crippen LogP contribution in [0.5, 0.6) is 5.75 Å². The minimum Gasteiger partial charge on any atom is -0.487 e. The Morgan fingerprint density at radius 1 is 1.25 bits per heavy atom. The van der Waals surface area contributed by atoms with Gasteiger partial charge in [0, 0.05) is 23.5 Å². The zero-order chi connectivity index (χ0) is 14.7. The average Bonchev–Trinajstić information content (AvgIpc) is 2.71. The number of hydrogen-bond donors (Lipinski definition) is 1. The molecule has 1 aromatic heterocycles. The molecule has 0 radical (unpaired) electrons. The Balaban J connectivity index is 2.34. The third-order valence-electron chi connectivity index (χ3n) is 2.97. The summed E-state index contributed by atoms with van der Waals surface area (Å²) >= 11 is 0. The van der Waals surface area contributed by atoms with Gasteiger partial charge in [0.15, 0.2) is 5.75 Å². The van der Waals surface area contributed by atoms with E-state index < -0.39 is 4.92 Å². The molecule has 0 amide bonds. The van der Waals surface area contributed by atoms with Crippen molar-refractivity contribution in [1.29, 1.82) is 0 Å². The molecule has 1 aromatic carbocycles. The van der Waals surface area contributed by atoms with Crippen molar-refractivity contribution < 1.29 is 9.66 Å². The van der Waals surface area contributed by atoms with Crippen LogP contribution in [0.3, 0.4) is 0 Å². The van der Waals surface area contributed by atoms with E-state index in [9.17, 15) is 10.1 Å². The number of aryl methyl sites for hydroxylation is 2. The van der Waals surface area contributed by atoms with E-state index in [1.54, 1.807) is 19.1 Å². The number of hydrogen-bond acceptors (Lipinski definition) is 4. The Labute approximate surface area is 117 Å². The summed E-state index contributed by atoms with van der Waals surface area (Å²) in [4.78, 5) is 10.5. The highest BCUT2D eigenvalue weighted by atomic mass is 16.6. The molecule has 0 spiro atoms. The zero-order valence-corrected chi connectivity index (χ0v) is 11.7. The van der Waals surface area contributed by atoms with Gasteiger partial charge >= 0.3 is 5.69 Å². The van der Waals surface area contributed by atoms with Crippen molar-refractivity contribution in [2.45, 2.75) is 20.8 Å². The molecule has 2 rings (SSSR count). The number of anilines is 1. The Kier molecular flexibility index (Phi) is 3.93. The monoisotopic (exact) mass is 275 g/mol. The first kappa shape index (κ1) is 13.9. The van der Waals surface area contributed by atoms with E-state index in [4.69, 9.17) is 4.74 Å². The molecule has 6 heteroatoms. The van der Waals surface area contributed by atoms with E-state index in [0.29, 0.717) is 6.61 Å². The number of rotatable bonds is 5. The zero-order valence-electron chi connectivity index (χ0n) is 11.7. The van der Waals surface area contributed by atoms with Gasteiger partial charge in [-0.2, -0.15) is 0 Å². The molecule has 0 aliphatic carbocycles. The number of nitro benzene ring substituents is 1. The maximum Gasteiger partial charge on any atom is 0.311 e. The normalized spacial score (nSPS) is 10.3. The predicted octanol–water partition coefficient (Wildman–Crippen LogP) is 3.29. The van der Waals surface area contributed by atoms with Gasteiger partial charge in [0.25, 0.3) is 0 Å². The molecule has 20 heavy (non-hydrogen) atoms. The molecule has 0 bridgehead atoms. The lowest BCUT2D eigenvalue weighted by Crippen LogP contribution is -2.12. The number of nitro groups is 1. The van der Waals surface area contributed by atoms with Crippen molar-refractivity contribution in [3.05, 3.63) is 51.8 Å². The molecular weight excluding hydrogens is 258 g/mol. The molecule has 1 N–H and O–H groups in total. The van der Waals surface area contributed by atoms with Crippen LogP contribution < -0.4 is 10.2 Å². The lowest BCUT2D eigenvalue weighted by Gasteiger charge is -2.13. The summed E-state index contributed by atoms with van der Waals surface area (Å²) in [6.07, 6.45) is 0. The average molecular weight is 275 g/mol. The number of ether oxygens (including phenoxy) is 1. The molecule has 0 atom stereocenters. The third kappa shape index (κ3) is 2.74. The van der Waals surface area contributed by atoms with Crippen molar-refractivity contribution in [3.63, 3.8) is 0 Å². The van der Waals surface area contributed by atoms with E-state index in [-0.39, 0.29) is 11.4 Å². The van der Waals surface area contributed by atoms with Crippen LogP contribution in [0.2, 0.25) is 0 Å². The second-order valence-corrected chi connectivity index (χ2v) is 4.44. The number of nitrogens with one attached hydrogen (secondary N) is 1. The lowest BCUT2D eigenvalue weighted by atomic mass is 10.2. The largest absolute Gasteiger partial charge is 0.487 e. The van der Waals surface area contributed by atoms with Crippen LogP contribution in [0.4, 0.5) is 11.4 Å². The summed E-state index contributed by atoms with van der Waals surface area (Å²) < 4.78 is 7.24. The van der Waals surface area contributed by atoms with Crippen LogP contribution in [0.15, 0.2) is 30.3 Å². The first-order valence-electron chi connectivity index (χ1n) is 6.36. The smallest absolute Gasteiger partial charge is 0.311 e. The van der Waals surface area contributed by atoms with Crippen molar-refractivity contribution in [2.24, 2.45) is 0 Å². The van der Waals surface area contributed by atoms with Crippen molar-refractivity contribution in [3.8, 4) is 5.75 Å². The van der Waals surface area contributed by atoms with Crippen LogP contribution in [0, 0.1) is 24.0 Å². The van der Waals surface area contributed by atoms with Gasteiger partial charge in [-0.05, 0) is 39.0 Å². The summed E-state index contributed by atoms with van der Waals surface area (Å²) in [6, 6.07) is 8.75. The van der Waals surface area contributed by atoms with Crippen LogP contribution in [-0.2, 0) is 0 Å². The predicted molar refractivity (Wildman–Crippen MR) is 77.2 cm³/mol. The second kappa shape index (κ2) is 5.64. The van der Waals surface area contributed by atoms with Crippen LogP contribution >= 0.6 is 0 Å². The van der Waals surface area contributed by atoms with Gasteiger partial charge in [0.1, 0.15) is 0 Å². The first-order valence-corrected chi connectivity index (χ1v) is 6.36. The molecule has 2 aromatic rings. The van der Waals surface area contributed by atoms with Crippen LogP contribution in [0.25, 0.3) is 0 Å². The van der Waals surface area contributed by atoms with Gasteiger partial charge in [0.2, 0.25) is 0 Å². The van der Waals surface area contributed by atoms with Gasteiger partial charge in [-0.1, -0.05) is 0 Å². The highest BCUT2D eigenvalue weighted by molar-refractivity contribution is 5.58. The number of benzene rings is 1. The molecule has 0 aliphatic heterocycles. The van der Waals surface area contributed by atoms with Gasteiger partial charge in [0.05, 0.1) is 17.2 Å². The third-order valence-corrected chi connectivity index (χ3v) is 2.97. The minimum atomic E-state index is -0.444. The molecule has 0 unspecified atom stereocenters. The molecule has 6 nitrogen and oxygen atoms in total. The first-order chi connectivity index (χ1) is 9.52. The molecule has 0 saturated heterocycles. The van der Waals surface area contributed by atoms with Gasteiger partial charge in [-0.15, -0.1) is 0 Å². The van der Waals surface area contributed by atoms with Gasteiger partial charge < -0.3 is 4.74 Å². The Bertz CT molecular complexity index is 615. The second-order valence-electron chi connectivity index (χ2n) is 4.44. The maximum atomic E-state index is 10.9. The molecule has 106 valence electrons. The Morgan fingerprint density at radius 2 is 1.90 bits per heavy atom. The fraction of sp³-hybridized carbons (Fsp3) is 0.286. The molecule has 0 saturated carbocycles. The summed E-state index contributed by atoms with van der Waals surface area (Å²) in [7, 11) is 0. The summed E-state index contributed by atoms with van der Waals surface area (Å²) in [6.45, 7) is 6.14. The fourth-order valence-electron chi connectivity index (χ4n) is 1.98. The quantitative estimate of drug-likeness (QED) is 0.671. The van der Waals surface area contributed by atoms with E-state index in [0.717, 1.165) is 17.1 Å². The van der Waals surface area contributed by atoms with E-state index >= 15 is 0 Å². The SMILES string of the molecule is CCOc1cc(Nn2c(C)ccc2C)ccc1[N+](=O)[O-]. The van der Waals surface area contributed by atoms with Crippen LogP contribution in [0.1, 0.15) is 18.3 Å². The van der Waals surface area contributed by atoms with Crippen molar-refractivity contribution in [2.75, 3.05) is 12.0 Å². The summed E-state index contributed by atoms with van der Waals surface area (Å²) in [5, 5.41) is 10.9. The Hall–Kier alpha value is -2.50. The van der Waals surface area contributed by atoms with Crippen molar-refractivity contribution >= 4 is 11.4 Å². The topological polar surface area (TPSA) is 69.3 Å². The van der Waals surface area contributed by atoms with Crippen molar-refractivity contribution in [1.82, 2.24) is 4.68 Å². The van der Waals surface area contributed by atoms with E-state index in [2.05, 4.69) is 5.43 Å². The van der Waals surface area contributed by atoms with E-state index in [1.165, 1.54) is 6.07 Å². The van der Waals surface area contributed by atoms with E-state index in [1.807, 2.05) is 30.7 Å². The summed E-state index contributed by atoms with van der Waals surface area (Å²) in [5.41, 5.74) is 6.02. The number of nitrogens with zero attached hydrogens (tertiary/aromatic N) is 2. The van der Waals surface area contributed by atoms with Crippen LogP contribution in [-0.4, -0.2) is 16.2 Å². The number of aromatic nitrogens is 1.